The molecule has 0 aromatic rings. The van der Waals surface area contributed by atoms with Gasteiger partial charge in [0.25, 0.3) is 0 Å². The summed E-state index contributed by atoms with van der Waals surface area (Å²) in [5.74, 6) is -0.409. The molecule has 2 amide bonds. The van der Waals surface area contributed by atoms with Gasteiger partial charge in [-0.25, -0.2) is 9.59 Å². The minimum atomic E-state index is -0.623. The Morgan fingerprint density at radius 2 is 1.91 bits per heavy atom. The molecule has 0 aliphatic carbocycles. The van der Waals surface area contributed by atoms with E-state index in [-0.39, 0.29) is 13.1 Å². The van der Waals surface area contributed by atoms with Crippen LogP contribution in [0.25, 0.3) is 5.73 Å². The summed E-state index contributed by atoms with van der Waals surface area (Å²) in [6.07, 6.45) is 2.31. The molecule has 0 aliphatic rings. The summed E-state index contributed by atoms with van der Waals surface area (Å²) in [4.78, 5) is 23.2. The maximum absolute atomic E-state index is 11.7. The van der Waals surface area contributed by atoms with Crippen molar-refractivity contribution >= 4 is 19.2 Å². The van der Waals surface area contributed by atoms with Crippen LogP contribution in [0.1, 0.15) is 26.2 Å². The van der Waals surface area contributed by atoms with E-state index in [4.69, 9.17) is 15.2 Å². The van der Waals surface area contributed by atoms with E-state index < -0.39 is 18.0 Å². The first-order chi connectivity index (χ1) is 10.6. The Labute approximate surface area is 133 Å². The van der Waals surface area contributed by atoms with Crippen molar-refractivity contribution in [3.05, 3.63) is 5.73 Å². The van der Waals surface area contributed by atoms with Crippen LogP contribution in [0.15, 0.2) is 0 Å². The molecule has 0 aliphatic heterocycles. The SMILES string of the molecule is CB=O.CCOC(=O)[C@H](CCCCNC)NC(=O)NCC[NH-]. The second-order valence-corrected chi connectivity index (χ2v) is 4.29. The molecule has 0 rings (SSSR count). The van der Waals surface area contributed by atoms with Crippen LogP contribution in [0.2, 0.25) is 6.82 Å². The molecule has 0 heterocycles. The molecule has 22 heavy (non-hydrogen) atoms. The van der Waals surface area contributed by atoms with E-state index in [1.165, 1.54) is 6.82 Å². The quantitative estimate of drug-likeness (QED) is 0.312. The number of hydrogen-bond acceptors (Lipinski definition) is 5. The predicted molar refractivity (Wildman–Crippen MR) is 86.2 cm³/mol. The monoisotopic (exact) mass is 315 g/mol. The summed E-state index contributed by atoms with van der Waals surface area (Å²) < 4.78 is 13.7. The molecule has 9 heteroatoms. The third-order valence-electron chi connectivity index (χ3n) is 2.46. The van der Waals surface area contributed by atoms with Crippen LogP contribution in [-0.2, 0) is 14.2 Å². The molecule has 0 radical (unpaired) electrons. The van der Waals surface area contributed by atoms with Gasteiger partial charge in [0.05, 0.1) is 6.61 Å². The van der Waals surface area contributed by atoms with Crippen molar-refractivity contribution in [1.82, 2.24) is 16.0 Å². The molecule has 1 atom stereocenters. The number of rotatable bonds is 10. The Bertz CT molecular complexity index is 306. The van der Waals surface area contributed by atoms with E-state index in [0.717, 1.165) is 26.5 Å². The average molecular weight is 315 g/mol. The molecule has 0 spiro atoms. The molecule has 0 unspecified atom stereocenters. The molecular formula is C13H28BN4O4-. The average Bonchev–Trinajstić information content (AvgIpc) is 2.49. The first-order valence-electron chi connectivity index (χ1n) is 7.47. The zero-order chi connectivity index (χ0) is 17.2. The Kier molecular flexibility index (Phi) is 18.2. The van der Waals surface area contributed by atoms with E-state index in [1.807, 2.05) is 7.05 Å². The maximum atomic E-state index is 11.7. The second kappa shape index (κ2) is 17.6. The van der Waals surface area contributed by atoms with Gasteiger partial charge in [0.1, 0.15) is 6.04 Å². The zero-order valence-corrected chi connectivity index (χ0v) is 13.7. The molecule has 0 saturated heterocycles. The summed E-state index contributed by atoms with van der Waals surface area (Å²) in [5, 5.41) is 8.12. The fourth-order valence-corrected chi connectivity index (χ4v) is 1.53. The Morgan fingerprint density at radius 1 is 1.27 bits per heavy atom. The number of esters is 1. The third kappa shape index (κ3) is 14.9. The van der Waals surface area contributed by atoms with Crippen molar-refractivity contribution in [1.29, 1.82) is 0 Å². The number of unbranched alkanes of at least 4 members (excludes halogenated alkanes) is 1. The first kappa shape index (κ1) is 22.8. The largest absolute Gasteiger partial charge is 0.676 e. The van der Waals surface area contributed by atoms with Crippen LogP contribution in [0.5, 0.6) is 0 Å². The minimum Gasteiger partial charge on any atom is -0.676 e. The normalized spacial score (nSPS) is 10.5. The maximum Gasteiger partial charge on any atom is 0.328 e. The van der Waals surface area contributed by atoms with Crippen LogP contribution in [0.4, 0.5) is 4.79 Å². The fraction of sp³-hybridized carbons (Fsp3) is 0.846. The van der Waals surface area contributed by atoms with Gasteiger partial charge in [-0.05, 0) is 39.8 Å². The van der Waals surface area contributed by atoms with Crippen molar-refractivity contribution < 1.29 is 19.0 Å². The number of ether oxygens (including phenoxy) is 1. The summed E-state index contributed by atoms with van der Waals surface area (Å²) in [6.45, 7) is 4.72. The molecule has 4 N–H and O–H groups in total. The number of carbonyl (C=O) groups excluding carboxylic acids is 2. The summed E-state index contributed by atoms with van der Waals surface area (Å²) in [5.41, 5.74) is 6.94. The van der Waals surface area contributed by atoms with Crippen LogP contribution >= 0.6 is 0 Å². The number of amides is 2. The van der Waals surface area contributed by atoms with Crippen molar-refractivity contribution in [2.75, 3.05) is 33.3 Å². The topological polar surface area (TPSA) is 120 Å². The number of carbonyl (C=O) groups is 2. The first-order valence-corrected chi connectivity index (χ1v) is 7.47. The second-order valence-electron chi connectivity index (χ2n) is 4.29. The molecule has 0 fully saturated rings. The predicted octanol–water partition coefficient (Wildman–Crippen LogP) is 0.743. The summed E-state index contributed by atoms with van der Waals surface area (Å²) in [7, 11) is 2.62. The van der Waals surface area contributed by atoms with Gasteiger partial charge in [0.15, 0.2) is 0 Å². The van der Waals surface area contributed by atoms with Crippen molar-refractivity contribution in [2.24, 2.45) is 0 Å². The summed E-state index contributed by atoms with van der Waals surface area (Å²) in [6, 6.07) is -1.05. The number of urea groups is 1. The molecule has 128 valence electrons. The van der Waals surface area contributed by atoms with Gasteiger partial charge >= 0.3 is 30.7 Å². The fourth-order valence-electron chi connectivity index (χ4n) is 1.53. The van der Waals surface area contributed by atoms with Crippen molar-refractivity contribution in [3.8, 4) is 0 Å². The van der Waals surface area contributed by atoms with E-state index in [9.17, 15) is 9.59 Å². The van der Waals surface area contributed by atoms with Gasteiger partial charge in [-0.2, -0.15) is 0 Å². The van der Waals surface area contributed by atoms with E-state index in [0.29, 0.717) is 13.0 Å². The van der Waals surface area contributed by atoms with Crippen molar-refractivity contribution in [2.45, 2.75) is 39.1 Å². The molecule has 0 aromatic heterocycles. The van der Waals surface area contributed by atoms with Crippen LogP contribution in [-0.4, -0.2) is 58.5 Å². The number of hydrogen-bond donors (Lipinski definition) is 3. The number of nitrogens with one attached hydrogen (secondary N) is 4. The third-order valence-corrected chi connectivity index (χ3v) is 2.46. The standard InChI is InChI=1S/C12H25N4O3.CH3BO/c1-3-19-11(17)10(6-4-5-8-14-2)16-12(18)15-9-7-13;1-2-3/h10,13-14H,3-9H2,1-2H3,(H2,15,16,18);1H3/q-1;/t10-;/m0./s1. The van der Waals surface area contributed by atoms with Crippen molar-refractivity contribution in [3.63, 3.8) is 0 Å². The Morgan fingerprint density at radius 3 is 2.41 bits per heavy atom. The van der Waals surface area contributed by atoms with Crippen LogP contribution < -0.4 is 16.0 Å². The van der Waals surface area contributed by atoms with E-state index in [1.54, 1.807) is 6.92 Å². The van der Waals surface area contributed by atoms with Crippen LogP contribution in [0.3, 0.4) is 0 Å². The zero-order valence-electron chi connectivity index (χ0n) is 13.7. The molecule has 8 nitrogen and oxygen atoms in total. The van der Waals surface area contributed by atoms with Crippen LogP contribution in [0, 0.1) is 0 Å². The van der Waals surface area contributed by atoms with Gasteiger partial charge in [0.2, 0.25) is 0 Å². The Balaban J connectivity index is 0. The van der Waals surface area contributed by atoms with Gasteiger partial charge in [0, 0.05) is 6.54 Å². The molecular weight excluding hydrogens is 287 g/mol. The smallest absolute Gasteiger partial charge is 0.328 e. The van der Waals surface area contributed by atoms with E-state index in [2.05, 4.69) is 16.0 Å². The van der Waals surface area contributed by atoms with Gasteiger partial charge < -0.3 is 26.4 Å². The molecule has 0 aromatic carbocycles. The van der Waals surface area contributed by atoms with Gasteiger partial charge in [-0.1, -0.05) is 0 Å². The Hall–Kier alpha value is -1.48. The van der Waals surface area contributed by atoms with Gasteiger partial charge in [-0.3, -0.25) is 0 Å². The molecule has 0 saturated carbocycles. The van der Waals surface area contributed by atoms with E-state index >= 15 is 0 Å². The summed E-state index contributed by atoms with van der Waals surface area (Å²) >= 11 is 0. The van der Waals surface area contributed by atoms with Gasteiger partial charge in [-0.15, -0.1) is 6.54 Å². The molecule has 0 bridgehead atoms. The minimum absolute atomic E-state index is 0.111.